The molecule has 0 amide bonds. The molecule has 35 heavy (non-hydrogen) atoms. The van der Waals surface area contributed by atoms with E-state index < -0.39 is 76.8 Å². The van der Waals surface area contributed by atoms with Gasteiger partial charge in [-0.2, -0.15) is 39.2 Å². The summed E-state index contributed by atoms with van der Waals surface area (Å²) in [6, 6.07) is 7.19. The highest BCUT2D eigenvalue weighted by Crippen LogP contribution is 2.42. The molecule has 1 atom stereocenters. The van der Waals surface area contributed by atoms with Gasteiger partial charge in [0.05, 0.1) is 6.61 Å². The molecule has 0 fully saturated rings. The third-order valence-corrected chi connectivity index (χ3v) is 5.08. The lowest BCUT2D eigenvalue weighted by molar-refractivity contribution is -0.355. The maximum absolute atomic E-state index is 13.9. The molecule has 0 bridgehead atoms. The molecule has 8 nitrogen and oxygen atoms in total. The summed E-state index contributed by atoms with van der Waals surface area (Å²) in [4.78, 5) is 24.2. The normalized spacial score (nSPS) is 14.7. The number of carbonyl (C=O) groups is 2. The summed E-state index contributed by atoms with van der Waals surface area (Å²) < 4.78 is 138. The fraction of sp³-hybridized carbons (Fsp3) is 0.474. The summed E-state index contributed by atoms with van der Waals surface area (Å²) in [5, 5.41) is -5.97. The van der Waals surface area contributed by atoms with Crippen molar-refractivity contribution in [2.24, 2.45) is 0 Å². The fourth-order valence-corrected chi connectivity index (χ4v) is 2.75. The van der Waals surface area contributed by atoms with Crippen LogP contribution in [0, 0.1) is 0 Å². The Labute approximate surface area is 194 Å². The van der Waals surface area contributed by atoms with E-state index in [9.17, 15) is 48.7 Å². The van der Waals surface area contributed by atoms with Crippen LogP contribution in [0.15, 0.2) is 42.5 Å². The van der Waals surface area contributed by atoms with E-state index in [0.29, 0.717) is 0 Å². The van der Waals surface area contributed by atoms with Gasteiger partial charge in [-0.05, 0) is 18.9 Å². The first-order chi connectivity index (χ1) is 15.8. The Bertz CT molecular complexity index is 1030. The second-order valence-corrected chi connectivity index (χ2v) is 8.46. The zero-order valence-electron chi connectivity index (χ0n) is 17.8. The van der Waals surface area contributed by atoms with Crippen molar-refractivity contribution in [2.45, 2.75) is 49.5 Å². The molecule has 0 aliphatic carbocycles. The molecule has 1 rings (SSSR count). The van der Waals surface area contributed by atoms with Crippen LogP contribution in [0.2, 0.25) is 0 Å². The summed E-state index contributed by atoms with van der Waals surface area (Å²) in [6.07, 6.45) is -9.37. The molecule has 0 aliphatic rings. The molecule has 198 valence electrons. The van der Waals surface area contributed by atoms with Crippen molar-refractivity contribution in [2.75, 3.05) is 6.61 Å². The minimum atomic E-state index is -6.58. The molecular weight excluding hydrogens is 521 g/mol. The van der Waals surface area contributed by atoms with E-state index in [4.69, 9.17) is 4.55 Å². The van der Waals surface area contributed by atoms with Crippen LogP contribution in [-0.2, 0) is 40.5 Å². The van der Waals surface area contributed by atoms with Gasteiger partial charge in [0.1, 0.15) is 6.61 Å². The second kappa shape index (κ2) is 10.9. The summed E-state index contributed by atoms with van der Waals surface area (Å²) in [5.41, 5.74) is -0.423. The van der Waals surface area contributed by atoms with Crippen molar-refractivity contribution >= 4 is 22.1 Å². The highest BCUT2D eigenvalue weighted by atomic mass is 32.2. The average Bonchev–Trinajstić information content (AvgIpc) is 2.72. The molecule has 0 saturated carbocycles. The maximum Gasteiger partial charge on any atom is 0.468 e. The molecular formula is C19H19F7O8S. The second-order valence-electron chi connectivity index (χ2n) is 6.99. The number of hydrogen-bond donors (Lipinski definition) is 1. The van der Waals surface area contributed by atoms with Gasteiger partial charge < -0.3 is 14.2 Å². The first-order valence-electron chi connectivity index (χ1n) is 9.32. The smallest absolute Gasteiger partial charge is 0.456 e. The highest BCUT2D eigenvalue weighted by molar-refractivity contribution is 7.87. The number of esters is 2. The van der Waals surface area contributed by atoms with Crippen LogP contribution < -0.4 is 0 Å². The summed E-state index contributed by atoms with van der Waals surface area (Å²) in [7, 11) is -6.58. The van der Waals surface area contributed by atoms with Crippen molar-refractivity contribution in [1.82, 2.24) is 0 Å². The van der Waals surface area contributed by atoms with Gasteiger partial charge in [0.2, 0.25) is 0 Å². The third kappa shape index (κ3) is 7.14. The SMILES string of the molecule is C=C(C)C(=O)OC(OCCCC(F)(F)C(F)(F)S(=O)(=O)O)(C(=O)OCc1ccccc1)C(F)(F)F. The van der Waals surface area contributed by atoms with Crippen LogP contribution in [0.1, 0.15) is 25.3 Å². The van der Waals surface area contributed by atoms with Crippen LogP contribution in [0.5, 0.6) is 0 Å². The van der Waals surface area contributed by atoms with E-state index in [-0.39, 0.29) is 5.56 Å². The van der Waals surface area contributed by atoms with Gasteiger partial charge >= 0.3 is 45.2 Å². The van der Waals surface area contributed by atoms with Crippen LogP contribution in [0.4, 0.5) is 30.7 Å². The van der Waals surface area contributed by atoms with Gasteiger partial charge in [-0.25, -0.2) is 9.59 Å². The van der Waals surface area contributed by atoms with Crippen LogP contribution >= 0.6 is 0 Å². The first kappa shape index (κ1) is 30.3. The van der Waals surface area contributed by atoms with Crippen LogP contribution in [-0.4, -0.2) is 54.7 Å². The Balaban J connectivity index is 3.15. The van der Waals surface area contributed by atoms with Gasteiger partial charge in [0.15, 0.2) is 0 Å². The van der Waals surface area contributed by atoms with Crippen LogP contribution in [0.25, 0.3) is 0 Å². The first-order valence-corrected chi connectivity index (χ1v) is 10.8. The van der Waals surface area contributed by atoms with Crippen molar-refractivity contribution < 1.29 is 67.5 Å². The molecule has 16 heteroatoms. The van der Waals surface area contributed by atoms with Gasteiger partial charge in [-0.15, -0.1) is 0 Å². The lowest BCUT2D eigenvalue weighted by Crippen LogP contribution is -2.58. The summed E-state index contributed by atoms with van der Waals surface area (Å²) in [5.74, 6) is -14.0. The Morgan fingerprint density at radius 2 is 1.57 bits per heavy atom. The lowest BCUT2D eigenvalue weighted by Gasteiger charge is -2.32. The zero-order chi connectivity index (χ0) is 27.3. The summed E-state index contributed by atoms with van der Waals surface area (Å²) in [6.45, 7) is 1.63. The number of alkyl halides is 7. The number of carbonyl (C=O) groups excluding carboxylic acids is 2. The van der Waals surface area contributed by atoms with E-state index >= 15 is 0 Å². The van der Waals surface area contributed by atoms with E-state index in [2.05, 4.69) is 20.8 Å². The van der Waals surface area contributed by atoms with Crippen molar-refractivity contribution in [3.8, 4) is 0 Å². The van der Waals surface area contributed by atoms with E-state index in [1.54, 1.807) is 6.07 Å². The average molecular weight is 540 g/mol. The van der Waals surface area contributed by atoms with Gasteiger partial charge in [-0.3, -0.25) is 4.55 Å². The monoisotopic (exact) mass is 540 g/mol. The minimum Gasteiger partial charge on any atom is -0.456 e. The maximum atomic E-state index is 13.9. The molecule has 0 aliphatic heterocycles. The van der Waals surface area contributed by atoms with Gasteiger partial charge in [0, 0.05) is 12.0 Å². The molecule has 1 aromatic carbocycles. The predicted octanol–water partition coefficient (Wildman–Crippen LogP) is 4.02. The number of hydrogen-bond acceptors (Lipinski definition) is 7. The fourth-order valence-electron chi connectivity index (χ4n) is 2.27. The number of ether oxygens (including phenoxy) is 3. The zero-order valence-corrected chi connectivity index (χ0v) is 18.6. The number of benzene rings is 1. The summed E-state index contributed by atoms with van der Waals surface area (Å²) >= 11 is 0. The van der Waals surface area contributed by atoms with Crippen molar-refractivity contribution in [3.63, 3.8) is 0 Å². The Morgan fingerprint density at radius 1 is 1.03 bits per heavy atom. The predicted molar refractivity (Wildman–Crippen MR) is 103 cm³/mol. The van der Waals surface area contributed by atoms with Crippen molar-refractivity contribution in [3.05, 3.63) is 48.0 Å². The molecule has 0 radical (unpaired) electrons. The largest absolute Gasteiger partial charge is 0.468 e. The standard InChI is InChI=1S/C19H19F7O8S/c1-12(2)14(27)34-17(18(22,23)24,15(28)32-11-13-7-4-3-5-8-13)33-10-6-9-16(20,21)19(25,26)35(29,30)31/h3-5,7-8H,1,6,9-11H2,2H3,(H,29,30,31). The lowest BCUT2D eigenvalue weighted by atomic mass is 10.2. The molecule has 0 spiro atoms. The Morgan fingerprint density at radius 3 is 2.03 bits per heavy atom. The van der Waals surface area contributed by atoms with E-state index in [1.165, 1.54) is 24.3 Å². The molecule has 0 heterocycles. The molecule has 0 saturated heterocycles. The van der Waals surface area contributed by atoms with Gasteiger partial charge in [-0.1, -0.05) is 36.9 Å². The Kier molecular flexibility index (Phi) is 9.45. The third-order valence-electron chi connectivity index (χ3n) is 4.13. The molecule has 1 aromatic rings. The van der Waals surface area contributed by atoms with Crippen molar-refractivity contribution in [1.29, 1.82) is 0 Å². The molecule has 1 unspecified atom stereocenters. The Hall–Kier alpha value is -2.72. The number of halogens is 7. The minimum absolute atomic E-state index is 0.204. The molecule has 0 aromatic heterocycles. The highest BCUT2D eigenvalue weighted by Gasteiger charge is 2.68. The van der Waals surface area contributed by atoms with Gasteiger partial charge in [0.25, 0.3) is 0 Å². The quantitative estimate of drug-likeness (QED) is 0.106. The van der Waals surface area contributed by atoms with E-state index in [1.807, 2.05) is 0 Å². The topological polar surface area (TPSA) is 116 Å². The number of rotatable bonds is 12. The van der Waals surface area contributed by atoms with E-state index in [0.717, 1.165) is 6.92 Å². The molecule has 1 N–H and O–H groups in total. The van der Waals surface area contributed by atoms with Crippen LogP contribution in [0.3, 0.4) is 0 Å².